The van der Waals surface area contributed by atoms with E-state index in [0.717, 1.165) is 6.42 Å². The summed E-state index contributed by atoms with van der Waals surface area (Å²) in [6.45, 7) is 0. The van der Waals surface area contributed by atoms with Crippen molar-refractivity contribution in [1.29, 1.82) is 0 Å². The van der Waals surface area contributed by atoms with Gasteiger partial charge in [0.1, 0.15) is 0 Å². The third kappa shape index (κ3) is 2.31. The van der Waals surface area contributed by atoms with E-state index in [-0.39, 0.29) is 0 Å². The van der Waals surface area contributed by atoms with Gasteiger partial charge in [-0.3, -0.25) is 0 Å². The third-order valence-electron chi connectivity index (χ3n) is 3.40. The van der Waals surface area contributed by atoms with Crippen LogP contribution in [0.15, 0.2) is 72.4 Å². The highest BCUT2D eigenvalue weighted by Gasteiger charge is 2.18. The highest BCUT2D eigenvalue weighted by molar-refractivity contribution is 5.56. The summed E-state index contributed by atoms with van der Waals surface area (Å²) in [5.41, 5.74) is 2.82. The molecule has 1 aromatic carbocycles. The minimum absolute atomic E-state index is 0.483. The molecule has 0 heterocycles. The molecule has 0 spiro atoms. The summed E-state index contributed by atoms with van der Waals surface area (Å²) in [5.74, 6) is 1.06. The summed E-state index contributed by atoms with van der Waals surface area (Å²) in [6, 6.07) is 10.6. The van der Waals surface area contributed by atoms with Crippen molar-refractivity contribution in [2.24, 2.45) is 11.8 Å². The molecule has 0 N–H and O–H groups in total. The molecule has 0 amide bonds. The fourth-order valence-electron chi connectivity index (χ4n) is 2.49. The lowest BCUT2D eigenvalue weighted by Gasteiger charge is -2.24. The van der Waals surface area contributed by atoms with Gasteiger partial charge in [0.05, 0.1) is 0 Å². The van der Waals surface area contributed by atoms with Crippen molar-refractivity contribution < 1.29 is 0 Å². The first-order valence-corrected chi connectivity index (χ1v) is 6.21. The predicted molar refractivity (Wildman–Crippen MR) is 73.4 cm³/mol. The van der Waals surface area contributed by atoms with E-state index in [2.05, 4.69) is 72.9 Å². The molecular weight excluding hydrogens is 204 g/mol. The van der Waals surface area contributed by atoms with Crippen LogP contribution < -0.4 is 0 Å². The van der Waals surface area contributed by atoms with Gasteiger partial charge in [-0.1, -0.05) is 78.4 Å². The maximum atomic E-state index is 2.34. The average Bonchev–Trinajstić information content (AvgIpc) is 2.32. The first-order valence-electron chi connectivity index (χ1n) is 6.21. The fraction of sp³-hybridized carbons (Fsp3) is 0.176. The van der Waals surface area contributed by atoms with E-state index in [9.17, 15) is 0 Å². The normalized spacial score (nSPS) is 30.2. The Kier molecular flexibility index (Phi) is 2.79. The summed E-state index contributed by atoms with van der Waals surface area (Å²) in [6.07, 6.45) is 17.0. The van der Waals surface area contributed by atoms with Crippen molar-refractivity contribution in [2.45, 2.75) is 6.42 Å². The third-order valence-corrected chi connectivity index (χ3v) is 3.40. The molecule has 0 saturated carbocycles. The van der Waals surface area contributed by atoms with Crippen LogP contribution in [0.25, 0.3) is 6.08 Å². The van der Waals surface area contributed by atoms with Crippen LogP contribution >= 0.6 is 0 Å². The second-order valence-electron chi connectivity index (χ2n) is 4.68. The highest BCUT2D eigenvalue weighted by Crippen LogP contribution is 2.32. The average molecular weight is 220 g/mol. The lowest BCUT2D eigenvalue weighted by Crippen LogP contribution is -2.10. The van der Waals surface area contributed by atoms with Gasteiger partial charge in [-0.25, -0.2) is 0 Å². The van der Waals surface area contributed by atoms with Gasteiger partial charge >= 0.3 is 0 Å². The first kappa shape index (κ1) is 10.3. The molecule has 0 saturated heterocycles. The molecule has 3 aliphatic carbocycles. The van der Waals surface area contributed by atoms with Crippen LogP contribution in [0.1, 0.15) is 12.0 Å². The summed E-state index contributed by atoms with van der Waals surface area (Å²) in [5, 5.41) is 0. The second-order valence-corrected chi connectivity index (χ2v) is 4.68. The number of rotatable bonds is 1. The number of fused-ring (bicyclic) bond motifs is 2. The number of allylic oxidation sites excluding steroid dienone is 7. The zero-order valence-electron chi connectivity index (χ0n) is 9.79. The number of benzene rings is 1. The predicted octanol–water partition coefficient (Wildman–Crippen LogP) is 4.39. The molecule has 0 aromatic heterocycles. The van der Waals surface area contributed by atoms with Crippen LogP contribution in [0.4, 0.5) is 0 Å². The lowest BCUT2D eigenvalue weighted by atomic mass is 9.81. The SMILES string of the molecule is C1=C[C@H]2C=C[C@@H](/C=C\1)/C(=C/c1ccccc1)C2. The summed E-state index contributed by atoms with van der Waals surface area (Å²) < 4.78 is 0. The Bertz CT molecular complexity index is 500. The number of hydrogen-bond acceptors (Lipinski definition) is 0. The summed E-state index contributed by atoms with van der Waals surface area (Å²) in [4.78, 5) is 0. The van der Waals surface area contributed by atoms with Gasteiger partial charge in [0.2, 0.25) is 0 Å². The molecular formula is C17H16. The van der Waals surface area contributed by atoms with E-state index in [1.165, 1.54) is 11.1 Å². The fourth-order valence-corrected chi connectivity index (χ4v) is 2.49. The van der Waals surface area contributed by atoms with Gasteiger partial charge in [-0.15, -0.1) is 0 Å². The largest absolute Gasteiger partial charge is 0.0804 e. The zero-order valence-corrected chi connectivity index (χ0v) is 9.79. The Morgan fingerprint density at radius 2 is 1.71 bits per heavy atom. The molecule has 17 heavy (non-hydrogen) atoms. The van der Waals surface area contributed by atoms with Gasteiger partial charge in [-0.05, 0) is 17.9 Å². The van der Waals surface area contributed by atoms with Gasteiger partial charge in [-0.2, -0.15) is 0 Å². The molecule has 2 atom stereocenters. The van der Waals surface area contributed by atoms with Crippen LogP contribution in [-0.4, -0.2) is 0 Å². The Morgan fingerprint density at radius 1 is 0.882 bits per heavy atom. The smallest absolute Gasteiger partial charge is 0.0164 e. The Balaban J connectivity index is 1.95. The van der Waals surface area contributed by atoms with E-state index < -0.39 is 0 Å². The Morgan fingerprint density at radius 3 is 2.59 bits per heavy atom. The van der Waals surface area contributed by atoms with Crippen LogP contribution in [0, 0.1) is 11.8 Å². The van der Waals surface area contributed by atoms with E-state index in [1.54, 1.807) is 0 Å². The van der Waals surface area contributed by atoms with Crippen LogP contribution in [0.5, 0.6) is 0 Å². The Hall–Kier alpha value is -1.82. The topological polar surface area (TPSA) is 0 Å². The zero-order chi connectivity index (χ0) is 11.5. The molecule has 0 radical (unpaired) electrons. The summed E-state index contributed by atoms with van der Waals surface area (Å²) >= 11 is 0. The molecule has 1 aromatic rings. The standard InChI is InChI=1S/C17H16/c1-2-6-14(7-3-1)12-17-13-15-8-4-5-9-16(17)11-10-15/h1-12,15-16H,13H2/b8-4?,9-5-,17-12+/t15-,16+/m0/s1. The van der Waals surface area contributed by atoms with Crippen molar-refractivity contribution in [2.75, 3.05) is 0 Å². The van der Waals surface area contributed by atoms with Gasteiger partial charge in [0.15, 0.2) is 0 Å². The second kappa shape index (κ2) is 4.58. The van der Waals surface area contributed by atoms with Crippen LogP contribution in [0.3, 0.4) is 0 Å². The van der Waals surface area contributed by atoms with E-state index in [0.29, 0.717) is 11.8 Å². The molecule has 0 aliphatic heterocycles. The van der Waals surface area contributed by atoms with Crippen LogP contribution in [-0.2, 0) is 0 Å². The van der Waals surface area contributed by atoms with Crippen molar-refractivity contribution >= 4 is 6.08 Å². The lowest BCUT2D eigenvalue weighted by molar-refractivity contribution is 0.699. The van der Waals surface area contributed by atoms with Gasteiger partial charge < -0.3 is 0 Å². The quantitative estimate of drug-likeness (QED) is 0.616. The molecule has 0 nitrogen and oxygen atoms in total. The number of hydrogen-bond donors (Lipinski definition) is 0. The van der Waals surface area contributed by atoms with Crippen molar-refractivity contribution in [1.82, 2.24) is 0 Å². The maximum absolute atomic E-state index is 2.34. The summed E-state index contributed by atoms with van der Waals surface area (Å²) in [7, 11) is 0. The van der Waals surface area contributed by atoms with Gasteiger partial charge in [0, 0.05) is 5.92 Å². The first-order chi connectivity index (χ1) is 8.42. The van der Waals surface area contributed by atoms with E-state index >= 15 is 0 Å². The molecule has 0 heteroatoms. The van der Waals surface area contributed by atoms with E-state index in [1.807, 2.05) is 0 Å². The van der Waals surface area contributed by atoms with Gasteiger partial charge in [0.25, 0.3) is 0 Å². The van der Waals surface area contributed by atoms with Crippen molar-refractivity contribution in [3.05, 3.63) is 77.9 Å². The minimum Gasteiger partial charge on any atom is -0.0804 e. The highest BCUT2D eigenvalue weighted by atomic mass is 14.2. The molecule has 3 aliphatic rings. The molecule has 84 valence electrons. The Labute approximate surface area is 103 Å². The van der Waals surface area contributed by atoms with Crippen molar-refractivity contribution in [3.63, 3.8) is 0 Å². The maximum Gasteiger partial charge on any atom is 0.0164 e. The monoisotopic (exact) mass is 220 g/mol. The molecule has 0 fully saturated rings. The van der Waals surface area contributed by atoms with Crippen molar-refractivity contribution in [3.8, 4) is 0 Å². The minimum atomic E-state index is 0.483. The molecule has 0 unspecified atom stereocenters. The molecule has 2 bridgehead atoms. The van der Waals surface area contributed by atoms with E-state index in [4.69, 9.17) is 0 Å². The molecule has 4 rings (SSSR count). The van der Waals surface area contributed by atoms with Crippen LogP contribution in [0.2, 0.25) is 0 Å².